The molecule has 0 fully saturated rings. The van der Waals surface area contributed by atoms with Crippen LogP contribution < -0.4 is 0 Å². The molecule has 0 N–H and O–H groups in total. The van der Waals surface area contributed by atoms with Crippen LogP contribution in [0.1, 0.15) is 48.9 Å². The van der Waals surface area contributed by atoms with Gasteiger partial charge in [-0.25, -0.2) is 0 Å². The zero-order valence-electron chi connectivity index (χ0n) is 14.7. The van der Waals surface area contributed by atoms with Gasteiger partial charge in [0.15, 0.2) is 0 Å². The summed E-state index contributed by atoms with van der Waals surface area (Å²) in [5, 5.41) is 2.90. The molecule has 1 heteroatoms. The number of hydrogen-bond donors (Lipinski definition) is 0. The molecule has 0 amide bonds. The van der Waals surface area contributed by atoms with Crippen LogP contribution in [-0.2, 0) is 45.1 Å². The minimum absolute atomic E-state index is 0. The van der Waals surface area contributed by atoms with Crippen molar-refractivity contribution in [1.29, 1.82) is 0 Å². The zero-order chi connectivity index (χ0) is 15.9. The Kier molecular flexibility index (Phi) is 5.20. The Morgan fingerprint density at radius 2 is 1.58 bits per heavy atom. The van der Waals surface area contributed by atoms with Gasteiger partial charge < -0.3 is 0 Å². The molecule has 3 aromatic carbocycles. The Bertz CT molecular complexity index is 822. The van der Waals surface area contributed by atoms with Crippen LogP contribution in [0.2, 0.25) is 0 Å². The molecule has 0 saturated carbocycles. The SMILES string of the molecule is CCC1(CC)Cc2cc3cc[c-](Cc4ccccc4)c3cc2C1.[Hf]. The van der Waals surface area contributed by atoms with Crippen molar-refractivity contribution in [1.82, 2.24) is 0 Å². The van der Waals surface area contributed by atoms with Crippen molar-refractivity contribution in [2.24, 2.45) is 5.41 Å². The maximum atomic E-state index is 2.50. The van der Waals surface area contributed by atoms with Gasteiger partial charge in [0, 0.05) is 25.8 Å². The minimum Gasteiger partial charge on any atom is -0.168 e. The van der Waals surface area contributed by atoms with E-state index in [1.54, 1.807) is 11.1 Å². The van der Waals surface area contributed by atoms with Crippen LogP contribution in [0.5, 0.6) is 0 Å². The van der Waals surface area contributed by atoms with Gasteiger partial charge in [0.1, 0.15) is 0 Å². The summed E-state index contributed by atoms with van der Waals surface area (Å²) in [7, 11) is 0. The summed E-state index contributed by atoms with van der Waals surface area (Å²) in [6.45, 7) is 4.71. The standard InChI is InChI=1S/C23H25.Hf/c1-3-23(4-2)15-20-13-19-11-10-18(22(19)14-21(20)16-23)12-17-8-6-5-7-9-17;/h5-11,13-14H,3-4,12,15-16H2,1-2H3;/q-1;. The summed E-state index contributed by atoms with van der Waals surface area (Å²) in [6.07, 6.45) is 6.15. The second-order valence-electron chi connectivity index (χ2n) is 7.29. The van der Waals surface area contributed by atoms with Crippen LogP contribution in [0.15, 0.2) is 54.6 Å². The van der Waals surface area contributed by atoms with Crippen molar-refractivity contribution in [2.45, 2.75) is 46.0 Å². The van der Waals surface area contributed by atoms with E-state index < -0.39 is 0 Å². The Labute approximate surface area is 164 Å². The zero-order valence-corrected chi connectivity index (χ0v) is 18.3. The summed E-state index contributed by atoms with van der Waals surface area (Å²) in [6, 6.07) is 20.4. The number of fused-ring (bicyclic) bond motifs is 2. The van der Waals surface area contributed by atoms with Crippen molar-refractivity contribution in [3.63, 3.8) is 0 Å². The summed E-state index contributed by atoms with van der Waals surface area (Å²) in [5.41, 5.74) is 6.58. The average Bonchev–Trinajstić information content (AvgIpc) is 3.15. The summed E-state index contributed by atoms with van der Waals surface area (Å²) >= 11 is 0. The van der Waals surface area contributed by atoms with Crippen LogP contribution in [-0.4, -0.2) is 0 Å². The molecular weight excluding hydrogens is 455 g/mol. The summed E-state index contributed by atoms with van der Waals surface area (Å²) in [5.74, 6) is 0. The monoisotopic (exact) mass is 481 g/mol. The van der Waals surface area contributed by atoms with E-state index in [-0.39, 0.29) is 25.8 Å². The number of hydrogen-bond acceptors (Lipinski definition) is 0. The van der Waals surface area contributed by atoms with Crippen LogP contribution in [0.25, 0.3) is 10.8 Å². The minimum atomic E-state index is 0. The van der Waals surface area contributed by atoms with Gasteiger partial charge in [-0.2, -0.15) is 6.07 Å². The van der Waals surface area contributed by atoms with Gasteiger partial charge >= 0.3 is 0 Å². The molecule has 122 valence electrons. The van der Waals surface area contributed by atoms with E-state index in [0.717, 1.165) is 6.42 Å². The maximum Gasteiger partial charge on any atom is 0 e. The van der Waals surface area contributed by atoms with Gasteiger partial charge in [-0.15, -0.1) is 34.5 Å². The Morgan fingerprint density at radius 3 is 2.25 bits per heavy atom. The van der Waals surface area contributed by atoms with E-state index in [9.17, 15) is 0 Å². The first-order valence-corrected chi connectivity index (χ1v) is 8.97. The van der Waals surface area contributed by atoms with E-state index in [0.29, 0.717) is 5.41 Å². The Morgan fingerprint density at radius 1 is 0.917 bits per heavy atom. The second kappa shape index (κ2) is 7.04. The molecule has 0 aliphatic heterocycles. The van der Waals surface area contributed by atoms with Gasteiger partial charge in [0.25, 0.3) is 0 Å². The molecule has 3 aromatic rings. The molecule has 0 bridgehead atoms. The van der Waals surface area contributed by atoms with E-state index in [1.165, 1.54) is 47.6 Å². The Hall–Kier alpha value is -1.08. The molecule has 0 unspecified atom stereocenters. The quantitative estimate of drug-likeness (QED) is 0.315. The summed E-state index contributed by atoms with van der Waals surface area (Å²) in [4.78, 5) is 0. The van der Waals surface area contributed by atoms with Crippen molar-refractivity contribution >= 4 is 10.8 Å². The fraction of sp³-hybridized carbons (Fsp3) is 0.348. The first-order chi connectivity index (χ1) is 11.2. The molecule has 0 aromatic heterocycles. The molecule has 0 radical (unpaired) electrons. The van der Waals surface area contributed by atoms with Crippen molar-refractivity contribution in [3.8, 4) is 0 Å². The van der Waals surface area contributed by atoms with Gasteiger partial charge in [-0.3, -0.25) is 0 Å². The third-order valence-electron chi connectivity index (χ3n) is 6.05. The second-order valence-corrected chi connectivity index (χ2v) is 7.29. The Balaban J connectivity index is 0.00000169. The molecule has 0 saturated heterocycles. The van der Waals surface area contributed by atoms with Crippen LogP contribution in [0, 0.1) is 5.41 Å². The molecule has 1 aliphatic rings. The summed E-state index contributed by atoms with van der Waals surface area (Å²) < 4.78 is 0. The fourth-order valence-electron chi connectivity index (χ4n) is 4.32. The molecule has 0 atom stereocenters. The molecule has 0 nitrogen and oxygen atoms in total. The largest absolute Gasteiger partial charge is 0.168 e. The van der Waals surface area contributed by atoms with Gasteiger partial charge in [0.05, 0.1) is 0 Å². The fourth-order valence-corrected chi connectivity index (χ4v) is 4.32. The van der Waals surface area contributed by atoms with E-state index in [4.69, 9.17) is 0 Å². The van der Waals surface area contributed by atoms with E-state index in [1.807, 2.05) is 0 Å². The molecule has 4 rings (SSSR count). The molecule has 24 heavy (non-hydrogen) atoms. The topological polar surface area (TPSA) is 0 Å². The molecule has 1 aliphatic carbocycles. The average molecular weight is 480 g/mol. The van der Waals surface area contributed by atoms with Gasteiger partial charge in [-0.1, -0.05) is 60.9 Å². The normalized spacial score (nSPS) is 15.2. The first kappa shape index (κ1) is 17.7. The van der Waals surface area contributed by atoms with Crippen LogP contribution in [0.3, 0.4) is 0 Å². The first-order valence-electron chi connectivity index (χ1n) is 8.97. The number of benzene rings is 2. The third kappa shape index (κ3) is 3.08. The smallest absolute Gasteiger partial charge is 0 e. The van der Waals surface area contributed by atoms with Crippen LogP contribution in [0.4, 0.5) is 0 Å². The van der Waals surface area contributed by atoms with E-state index in [2.05, 4.69) is 68.4 Å². The maximum absolute atomic E-state index is 2.50. The third-order valence-corrected chi connectivity index (χ3v) is 6.05. The molecular formula is C23H25Hf-. The predicted molar refractivity (Wildman–Crippen MR) is 99.2 cm³/mol. The number of rotatable bonds is 4. The van der Waals surface area contributed by atoms with Crippen LogP contribution >= 0.6 is 0 Å². The van der Waals surface area contributed by atoms with Gasteiger partial charge in [-0.05, 0) is 37.5 Å². The van der Waals surface area contributed by atoms with Crippen molar-refractivity contribution < 1.29 is 25.8 Å². The van der Waals surface area contributed by atoms with E-state index >= 15 is 0 Å². The van der Waals surface area contributed by atoms with Crippen molar-refractivity contribution in [3.05, 3.63) is 76.9 Å². The molecule has 0 heterocycles. The van der Waals surface area contributed by atoms with Crippen molar-refractivity contribution in [2.75, 3.05) is 0 Å². The predicted octanol–water partition coefficient (Wildman–Crippen LogP) is 6.05. The molecule has 0 spiro atoms. The van der Waals surface area contributed by atoms with Gasteiger partial charge in [0.2, 0.25) is 0 Å².